The monoisotopic (exact) mass is 292 g/mol. The molecule has 106 valence electrons. The van der Waals surface area contributed by atoms with E-state index >= 15 is 0 Å². The number of amides is 1. The molecule has 2 aliphatic heterocycles. The molecule has 0 aliphatic carbocycles. The highest BCUT2D eigenvalue weighted by molar-refractivity contribution is 7.80. The van der Waals surface area contributed by atoms with Crippen molar-refractivity contribution < 1.29 is 14.3 Å². The molecule has 1 aromatic carbocycles. The quantitative estimate of drug-likeness (QED) is 0.804. The fourth-order valence-electron chi connectivity index (χ4n) is 2.55. The zero-order chi connectivity index (χ0) is 14.1. The zero-order valence-electron chi connectivity index (χ0n) is 11.0. The summed E-state index contributed by atoms with van der Waals surface area (Å²) in [6.45, 7) is 1.41. The normalized spacial score (nSPS) is 24.9. The molecule has 2 unspecified atom stereocenters. The van der Waals surface area contributed by atoms with Crippen molar-refractivity contribution in [2.24, 2.45) is 5.73 Å². The van der Waals surface area contributed by atoms with Crippen LogP contribution in [0.25, 0.3) is 0 Å². The summed E-state index contributed by atoms with van der Waals surface area (Å²) >= 11 is 4.93. The van der Waals surface area contributed by atoms with Gasteiger partial charge in [-0.05, 0) is 11.6 Å². The molecular weight excluding hydrogens is 276 g/mol. The largest absolute Gasteiger partial charge is 0.480 e. The molecule has 5 nitrogen and oxygen atoms in total. The van der Waals surface area contributed by atoms with Crippen LogP contribution in [0.3, 0.4) is 0 Å². The van der Waals surface area contributed by atoms with E-state index in [9.17, 15) is 4.79 Å². The van der Waals surface area contributed by atoms with E-state index in [4.69, 9.17) is 27.4 Å². The lowest BCUT2D eigenvalue weighted by atomic mass is 10.1. The third kappa shape index (κ3) is 2.48. The smallest absolute Gasteiger partial charge is 0.264 e. The van der Waals surface area contributed by atoms with Gasteiger partial charge in [-0.2, -0.15) is 0 Å². The molecule has 20 heavy (non-hydrogen) atoms. The Kier molecular flexibility index (Phi) is 3.58. The molecule has 1 amide bonds. The molecule has 0 radical (unpaired) electrons. The summed E-state index contributed by atoms with van der Waals surface area (Å²) in [7, 11) is 0. The lowest BCUT2D eigenvalue weighted by molar-refractivity contribution is -0.143. The highest BCUT2D eigenvalue weighted by atomic mass is 32.1. The minimum atomic E-state index is -0.447. The Balaban J connectivity index is 1.67. The summed E-state index contributed by atoms with van der Waals surface area (Å²) in [6, 6.07) is 7.73. The lowest BCUT2D eigenvalue weighted by Crippen LogP contribution is -2.53. The molecule has 3 rings (SSSR count). The Morgan fingerprint density at radius 2 is 2.15 bits per heavy atom. The molecule has 0 spiro atoms. The lowest BCUT2D eigenvalue weighted by Gasteiger charge is -2.33. The van der Waals surface area contributed by atoms with Gasteiger partial charge in [0.1, 0.15) is 16.8 Å². The molecule has 0 saturated carbocycles. The van der Waals surface area contributed by atoms with E-state index in [0.717, 1.165) is 11.3 Å². The maximum atomic E-state index is 12.5. The molecule has 1 fully saturated rings. The van der Waals surface area contributed by atoms with Crippen molar-refractivity contribution in [1.29, 1.82) is 0 Å². The van der Waals surface area contributed by atoms with Crippen LogP contribution in [0.4, 0.5) is 0 Å². The van der Waals surface area contributed by atoms with Gasteiger partial charge in [0.15, 0.2) is 6.10 Å². The average Bonchev–Trinajstić information content (AvgIpc) is 2.90. The Bertz CT molecular complexity index is 524. The molecular formula is C14H16N2O3S. The van der Waals surface area contributed by atoms with Crippen molar-refractivity contribution in [2.75, 3.05) is 19.7 Å². The number of carbonyl (C=O) groups is 1. The first-order valence-corrected chi connectivity index (χ1v) is 7.00. The van der Waals surface area contributed by atoms with Crippen LogP contribution < -0.4 is 10.5 Å². The van der Waals surface area contributed by atoms with Crippen LogP contribution in [0.2, 0.25) is 0 Å². The highest BCUT2D eigenvalue weighted by Crippen LogP contribution is 2.29. The maximum absolute atomic E-state index is 12.5. The van der Waals surface area contributed by atoms with Crippen LogP contribution >= 0.6 is 12.2 Å². The number of fused-ring (bicyclic) bond motifs is 1. The standard InChI is InChI=1S/C14H16N2O3S/c15-13(20)12-8-16(5-6-18-12)14(17)11-7-9-3-1-2-4-10(9)19-11/h1-4,11-12H,5-8H2,(H2,15,20). The van der Waals surface area contributed by atoms with E-state index in [-0.39, 0.29) is 17.0 Å². The van der Waals surface area contributed by atoms with Gasteiger partial charge < -0.3 is 20.1 Å². The summed E-state index contributed by atoms with van der Waals surface area (Å²) in [5.74, 6) is 0.774. The minimum Gasteiger partial charge on any atom is -0.480 e. The first kappa shape index (κ1) is 13.3. The number of carbonyl (C=O) groups excluding carboxylic acids is 1. The van der Waals surface area contributed by atoms with Crippen LogP contribution in [0, 0.1) is 0 Å². The van der Waals surface area contributed by atoms with Crippen LogP contribution in [0.1, 0.15) is 5.56 Å². The number of morpholine rings is 1. The van der Waals surface area contributed by atoms with Crippen molar-refractivity contribution in [3.05, 3.63) is 29.8 Å². The summed E-state index contributed by atoms with van der Waals surface area (Å²) in [6.07, 6.45) is -0.187. The van der Waals surface area contributed by atoms with Crippen molar-refractivity contribution >= 4 is 23.1 Å². The minimum absolute atomic E-state index is 0.0225. The van der Waals surface area contributed by atoms with Crippen LogP contribution in [0.5, 0.6) is 5.75 Å². The maximum Gasteiger partial charge on any atom is 0.264 e. The molecule has 2 atom stereocenters. The topological polar surface area (TPSA) is 64.8 Å². The van der Waals surface area contributed by atoms with Gasteiger partial charge >= 0.3 is 0 Å². The van der Waals surface area contributed by atoms with Crippen LogP contribution in [-0.2, 0) is 16.0 Å². The van der Waals surface area contributed by atoms with Crippen molar-refractivity contribution in [1.82, 2.24) is 4.90 Å². The second-order valence-electron chi connectivity index (χ2n) is 4.96. The van der Waals surface area contributed by atoms with Crippen LogP contribution in [-0.4, -0.2) is 47.7 Å². The van der Waals surface area contributed by atoms with Crippen molar-refractivity contribution in [3.8, 4) is 5.75 Å². The fourth-order valence-corrected chi connectivity index (χ4v) is 2.69. The number of nitrogens with two attached hydrogens (primary N) is 1. The van der Waals surface area contributed by atoms with E-state index in [2.05, 4.69) is 0 Å². The number of thiocarbonyl (C=S) groups is 1. The van der Waals surface area contributed by atoms with Crippen molar-refractivity contribution in [2.45, 2.75) is 18.6 Å². The highest BCUT2D eigenvalue weighted by Gasteiger charge is 2.35. The predicted molar refractivity (Wildman–Crippen MR) is 77.7 cm³/mol. The third-order valence-corrected chi connectivity index (χ3v) is 3.88. The van der Waals surface area contributed by atoms with E-state index < -0.39 is 6.10 Å². The molecule has 2 N–H and O–H groups in total. The summed E-state index contributed by atoms with van der Waals surface area (Å²) in [5.41, 5.74) is 6.66. The number of benzene rings is 1. The second-order valence-corrected chi connectivity index (χ2v) is 5.44. The summed E-state index contributed by atoms with van der Waals surface area (Å²) in [5, 5.41) is 0. The Morgan fingerprint density at radius 1 is 1.35 bits per heavy atom. The number of ether oxygens (including phenoxy) is 2. The van der Waals surface area contributed by atoms with E-state index in [1.165, 1.54) is 0 Å². The van der Waals surface area contributed by atoms with E-state index in [1.54, 1.807) is 4.90 Å². The Hall–Kier alpha value is -1.66. The Morgan fingerprint density at radius 3 is 2.90 bits per heavy atom. The molecule has 1 saturated heterocycles. The van der Waals surface area contributed by atoms with Gasteiger partial charge in [-0.3, -0.25) is 4.79 Å². The average molecular weight is 292 g/mol. The first-order valence-electron chi connectivity index (χ1n) is 6.59. The molecule has 1 aromatic rings. The van der Waals surface area contributed by atoms with Gasteiger partial charge in [0.2, 0.25) is 0 Å². The molecule has 0 aromatic heterocycles. The number of nitrogens with zero attached hydrogens (tertiary/aromatic N) is 1. The van der Waals surface area contributed by atoms with Gasteiger partial charge in [-0.15, -0.1) is 0 Å². The predicted octanol–water partition coefficient (Wildman–Crippen LogP) is 0.504. The number of hydrogen-bond acceptors (Lipinski definition) is 4. The molecule has 6 heteroatoms. The summed E-state index contributed by atoms with van der Waals surface area (Å²) in [4.78, 5) is 14.5. The Labute approximate surface area is 122 Å². The SMILES string of the molecule is NC(=S)C1CN(C(=O)C2Cc3ccccc3O2)CCO1. The van der Waals surface area contributed by atoms with Gasteiger partial charge in [-0.1, -0.05) is 30.4 Å². The molecule has 2 heterocycles. The van der Waals surface area contributed by atoms with E-state index in [0.29, 0.717) is 26.1 Å². The van der Waals surface area contributed by atoms with Gasteiger partial charge in [0, 0.05) is 13.0 Å². The number of rotatable bonds is 2. The zero-order valence-corrected chi connectivity index (χ0v) is 11.8. The van der Waals surface area contributed by atoms with E-state index in [1.807, 2.05) is 24.3 Å². The molecule has 2 aliphatic rings. The van der Waals surface area contributed by atoms with Crippen LogP contribution in [0.15, 0.2) is 24.3 Å². The molecule has 0 bridgehead atoms. The van der Waals surface area contributed by atoms with Crippen molar-refractivity contribution in [3.63, 3.8) is 0 Å². The van der Waals surface area contributed by atoms with Gasteiger partial charge in [0.05, 0.1) is 13.2 Å². The number of hydrogen-bond donors (Lipinski definition) is 1. The third-order valence-electron chi connectivity index (χ3n) is 3.62. The number of para-hydroxylation sites is 1. The second kappa shape index (κ2) is 5.38. The first-order chi connectivity index (χ1) is 9.65. The summed E-state index contributed by atoms with van der Waals surface area (Å²) < 4.78 is 11.2. The van der Waals surface area contributed by atoms with Gasteiger partial charge in [-0.25, -0.2) is 0 Å². The van der Waals surface area contributed by atoms with Gasteiger partial charge in [0.25, 0.3) is 5.91 Å². The fraction of sp³-hybridized carbons (Fsp3) is 0.429.